The van der Waals surface area contributed by atoms with Gasteiger partial charge in [-0.2, -0.15) is 0 Å². The molecular formula is C10H18F2N2O4. The Morgan fingerprint density at radius 2 is 1.89 bits per heavy atom. The molecule has 0 saturated carbocycles. The van der Waals surface area contributed by atoms with E-state index in [0.717, 1.165) is 4.90 Å². The van der Waals surface area contributed by atoms with Gasteiger partial charge in [0.1, 0.15) is 0 Å². The number of rotatable bonds is 7. The quantitative estimate of drug-likeness (QED) is 0.622. The summed E-state index contributed by atoms with van der Waals surface area (Å²) < 4.78 is 24.4. The number of carbonyl (C=O) groups is 2. The highest BCUT2D eigenvalue weighted by atomic mass is 19.3. The zero-order valence-electron chi connectivity index (χ0n) is 10.3. The summed E-state index contributed by atoms with van der Waals surface area (Å²) in [6, 6.07) is -1.51. The van der Waals surface area contributed by atoms with Crippen molar-refractivity contribution in [2.75, 3.05) is 19.7 Å². The first-order chi connectivity index (χ1) is 8.29. The third kappa shape index (κ3) is 5.76. The second kappa shape index (κ2) is 7.80. The molecular weight excluding hydrogens is 250 g/mol. The molecule has 0 aliphatic rings. The first-order valence-electron chi connectivity index (χ1n) is 5.46. The Bertz CT molecular complexity index is 289. The number of aliphatic hydroxyl groups excluding tert-OH is 1. The Hall–Kier alpha value is -1.44. The van der Waals surface area contributed by atoms with Crippen LogP contribution in [0.2, 0.25) is 0 Å². The fourth-order valence-corrected chi connectivity index (χ4v) is 1.19. The highest BCUT2D eigenvalue weighted by Gasteiger charge is 2.24. The van der Waals surface area contributed by atoms with Gasteiger partial charge in [-0.25, -0.2) is 13.6 Å². The van der Waals surface area contributed by atoms with Gasteiger partial charge in [-0.3, -0.25) is 4.79 Å². The van der Waals surface area contributed by atoms with Crippen LogP contribution in [0.15, 0.2) is 0 Å². The Kier molecular flexibility index (Phi) is 7.18. The molecule has 6 nitrogen and oxygen atoms in total. The average Bonchev–Trinajstić information content (AvgIpc) is 2.26. The van der Waals surface area contributed by atoms with Crippen molar-refractivity contribution in [1.29, 1.82) is 0 Å². The van der Waals surface area contributed by atoms with Crippen LogP contribution in [-0.4, -0.2) is 59.3 Å². The van der Waals surface area contributed by atoms with Crippen LogP contribution in [0.1, 0.15) is 13.8 Å². The third-order valence-electron chi connectivity index (χ3n) is 2.51. The minimum absolute atomic E-state index is 0.232. The maximum atomic E-state index is 12.2. The van der Waals surface area contributed by atoms with Gasteiger partial charge in [0, 0.05) is 12.6 Å². The van der Waals surface area contributed by atoms with Crippen LogP contribution in [0.5, 0.6) is 0 Å². The molecule has 0 bridgehead atoms. The number of nitrogens with zero attached hydrogens (tertiary/aromatic N) is 1. The molecule has 18 heavy (non-hydrogen) atoms. The summed E-state index contributed by atoms with van der Waals surface area (Å²) in [5.74, 6) is -1.93. The van der Waals surface area contributed by atoms with Crippen molar-refractivity contribution in [2.24, 2.45) is 5.92 Å². The van der Waals surface area contributed by atoms with E-state index in [2.05, 4.69) is 5.32 Å². The molecule has 0 aliphatic heterocycles. The first-order valence-corrected chi connectivity index (χ1v) is 5.46. The Labute approximate surface area is 104 Å². The number of nitrogens with one attached hydrogen (secondary N) is 1. The summed E-state index contributed by atoms with van der Waals surface area (Å²) in [5, 5.41) is 19.7. The highest BCUT2D eigenvalue weighted by Crippen LogP contribution is 2.04. The van der Waals surface area contributed by atoms with E-state index in [4.69, 9.17) is 10.2 Å². The van der Waals surface area contributed by atoms with Crippen LogP contribution in [0.3, 0.4) is 0 Å². The minimum atomic E-state index is -2.71. The van der Waals surface area contributed by atoms with E-state index in [-0.39, 0.29) is 6.54 Å². The molecule has 0 radical (unpaired) electrons. The molecule has 0 aromatic rings. The lowest BCUT2D eigenvalue weighted by Crippen LogP contribution is -2.49. The lowest BCUT2D eigenvalue weighted by atomic mass is 10.0. The zero-order valence-corrected chi connectivity index (χ0v) is 10.3. The fourth-order valence-electron chi connectivity index (χ4n) is 1.19. The molecule has 3 N–H and O–H groups in total. The second-order valence-corrected chi connectivity index (χ2v) is 3.93. The smallest absolute Gasteiger partial charge is 0.317 e. The SMILES string of the molecule is CC(NC(=O)N(CCO)CC(F)F)C(C)C(=O)O. The Morgan fingerprint density at radius 3 is 2.28 bits per heavy atom. The molecule has 0 rings (SSSR count). The van der Waals surface area contributed by atoms with E-state index in [0.29, 0.717) is 0 Å². The molecule has 2 atom stereocenters. The van der Waals surface area contributed by atoms with Crippen molar-refractivity contribution < 1.29 is 28.6 Å². The molecule has 0 saturated heterocycles. The molecule has 0 heterocycles. The predicted molar refractivity (Wildman–Crippen MR) is 59.5 cm³/mol. The van der Waals surface area contributed by atoms with Gasteiger partial charge in [-0.05, 0) is 13.8 Å². The number of carboxylic acid groups (broad SMARTS) is 1. The van der Waals surface area contributed by atoms with Crippen LogP contribution in [0.25, 0.3) is 0 Å². The van der Waals surface area contributed by atoms with E-state index in [1.165, 1.54) is 13.8 Å². The van der Waals surface area contributed by atoms with Crippen molar-refractivity contribution >= 4 is 12.0 Å². The average molecular weight is 268 g/mol. The zero-order chi connectivity index (χ0) is 14.3. The van der Waals surface area contributed by atoms with E-state index >= 15 is 0 Å². The number of carboxylic acids is 1. The number of hydrogen-bond acceptors (Lipinski definition) is 3. The molecule has 0 aromatic carbocycles. The summed E-state index contributed by atoms with van der Waals surface area (Å²) in [4.78, 5) is 23.0. The Morgan fingerprint density at radius 1 is 1.33 bits per heavy atom. The number of alkyl halides is 2. The number of urea groups is 1. The van der Waals surface area contributed by atoms with Gasteiger partial charge in [0.2, 0.25) is 0 Å². The number of amides is 2. The lowest BCUT2D eigenvalue weighted by molar-refractivity contribution is -0.141. The van der Waals surface area contributed by atoms with Crippen LogP contribution >= 0.6 is 0 Å². The van der Waals surface area contributed by atoms with Crippen LogP contribution in [0, 0.1) is 5.92 Å². The Balaban J connectivity index is 4.45. The number of carbonyl (C=O) groups excluding carboxylic acids is 1. The second-order valence-electron chi connectivity index (χ2n) is 3.93. The standard InChI is InChI=1S/C10H18F2N2O4/c1-6(9(16)17)7(2)13-10(18)14(3-4-15)5-8(11)12/h6-8,15H,3-5H2,1-2H3,(H,13,18)(H,16,17). The fraction of sp³-hybridized carbons (Fsp3) is 0.800. The normalized spacial score (nSPS) is 14.1. The molecule has 0 spiro atoms. The van der Waals surface area contributed by atoms with Crippen LogP contribution < -0.4 is 5.32 Å². The minimum Gasteiger partial charge on any atom is -0.481 e. The maximum Gasteiger partial charge on any atom is 0.317 e. The van der Waals surface area contributed by atoms with Gasteiger partial charge in [-0.15, -0.1) is 0 Å². The molecule has 8 heteroatoms. The number of hydrogen-bond donors (Lipinski definition) is 3. The van der Waals surface area contributed by atoms with Crippen molar-refractivity contribution in [1.82, 2.24) is 10.2 Å². The summed E-state index contributed by atoms with van der Waals surface area (Å²) in [5.41, 5.74) is 0. The van der Waals surface area contributed by atoms with Crippen molar-refractivity contribution in [3.05, 3.63) is 0 Å². The van der Waals surface area contributed by atoms with Gasteiger partial charge in [-0.1, -0.05) is 0 Å². The first kappa shape index (κ1) is 16.6. The topological polar surface area (TPSA) is 89.9 Å². The molecule has 0 fully saturated rings. The molecule has 0 aromatic heterocycles. The van der Waals surface area contributed by atoms with E-state index in [1.54, 1.807) is 0 Å². The van der Waals surface area contributed by atoms with Crippen LogP contribution in [0.4, 0.5) is 13.6 Å². The number of aliphatic carboxylic acids is 1. The van der Waals surface area contributed by atoms with Crippen molar-refractivity contribution in [3.8, 4) is 0 Å². The van der Waals surface area contributed by atoms with Gasteiger partial charge in [0.25, 0.3) is 6.43 Å². The summed E-state index contributed by atoms with van der Waals surface area (Å²) >= 11 is 0. The molecule has 0 aliphatic carbocycles. The van der Waals surface area contributed by atoms with E-state index in [1.807, 2.05) is 0 Å². The van der Waals surface area contributed by atoms with Gasteiger partial charge < -0.3 is 20.4 Å². The highest BCUT2D eigenvalue weighted by molar-refractivity contribution is 5.76. The molecule has 2 unspecified atom stereocenters. The molecule has 106 valence electrons. The number of halogens is 2. The molecule has 2 amide bonds. The third-order valence-corrected chi connectivity index (χ3v) is 2.51. The largest absolute Gasteiger partial charge is 0.481 e. The van der Waals surface area contributed by atoms with Crippen LogP contribution in [-0.2, 0) is 4.79 Å². The lowest BCUT2D eigenvalue weighted by Gasteiger charge is -2.25. The summed E-state index contributed by atoms with van der Waals surface area (Å²) in [6.07, 6.45) is -2.71. The van der Waals surface area contributed by atoms with Crippen molar-refractivity contribution in [3.63, 3.8) is 0 Å². The summed E-state index contributed by atoms with van der Waals surface area (Å²) in [7, 11) is 0. The predicted octanol–water partition coefficient (Wildman–Crippen LogP) is 0.365. The van der Waals surface area contributed by atoms with Gasteiger partial charge >= 0.3 is 12.0 Å². The number of aliphatic hydroxyl groups is 1. The van der Waals surface area contributed by atoms with Crippen molar-refractivity contribution in [2.45, 2.75) is 26.3 Å². The van der Waals surface area contributed by atoms with Gasteiger partial charge in [0.05, 0.1) is 19.1 Å². The van der Waals surface area contributed by atoms with E-state index in [9.17, 15) is 18.4 Å². The maximum absolute atomic E-state index is 12.2. The monoisotopic (exact) mass is 268 g/mol. The summed E-state index contributed by atoms with van der Waals surface area (Å²) in [6.45, 7) is 1.39. The van der Waals surface area contributed by atoms with E-state index < -0.39 is 43.5 Å². The van der Waals surface area contributed by atoms with Gasteiger partial charge in [0.15, 0.2) is 0 Å².